The number of hydrogen-bond donors (Lipinski definition) is 1. The second kappa shape index (κ2) is 5.58. The van der Waals surface area contributed by atoms with Gasteiger partial charge < -0.3 is 10.1 Å². The second-order valence-corrected chi connectivity index (χ2v) is 4.31. The van der Waals surface area contributed by atoms with Crippen LogP contribution in [0.3, 0.4) is 0 Å². The van der Waals surface area contributed by atoms with Crippen LogP contribution in [0.5, 0.6) is 0 Å². The third-order valence-corrected chi connectivity index (χ3v) is 2.94. The zero-order chi connectivity index (χ0) is 14.7. The third kappa shape index (κ3) is 2.66. The summed E-state index contributed by atoms with van der Waals surface area (Å²) >= 11 is 0. The van der Waals surface area contributed by atoms with E-state index in [0.29, 0.717) is 17.3 Å². The zero-order valence-electron chi connectivity index (χ0n) is 11.4. The minimum atomic E-state index is -0.357. The maximum absolute atomic E-state index is 11.1. The van der Waals surface area contributed by atoms with Gasteiger partial charge in [-0.1, -0.05) is 30.3 Å². The average Bonchev–Trinajstić information content (AvgIpc) is 2.96. The lowest BCUT2D eigenvalue weighted by Gasteiger charge is -2.05. The normalized spacial score (nSPS) is 10.5. The van der Waals surface area contributed by atoms with Crippen LogP contribution in [-0.4, -0.2) is 39.4 Å². The quantitative estimate of drug-likeness (QED) is 0.728. The van der Waals surface area contributed by atoms with Crippen LogP contribution in [0.25, 0.3) is 17.0 Å². The number of benzene rings is 1. The number of aromatic nitrogens is 4. The predicted molar refractivity (Wildman–Crippen MR) is 76.7 cm³/mol. The summed E-state index contributed by atoms with van der Waals surface area (Å²) in [7, 11) is 1.34. The Hall–Kier alpha value is -2.96. The van der Waals surface area contributed by atoms with Crippen molar-refractivity contribution in [3.8, 4) is 11.4 Å². The van der Waals surface area contributed by atoms with Crippen LogP contribution in [0.15, 0.2) is 42.5 Å². The van der Waals surface area contributed by atoms with Crippen LogP contribution in [0.2, 0.25) is 0 Å². The Kier molecular flexibility index (Phi) is 3.46. The number of hydrogen-bond acceptors (Lipinski definition) is 6. The molecule has 2 aromatic heterocycles. The van der Waals surface area contributed by atoms with Crippen LogP contribution in [0, 0.1) is 0 Å². The molecule has 0 saturated carbocycles. The molecule has 3 aromatic rings. The van der Waals surface area contributed by atoms with Gasteiger partial charge in [-0.25, -0.2) is 0 Å². The van der Waals surface area contributed by atoms with Crippen molar-refractivity contribution >= 4 is 17.4 Å². The topological polar surface area (TPSA) is 81.4 Å². The number of methoxy groups -OCH3 is 1. The van der Waals surface area contributed by atoms with Crippen molar-refractivity contribution in [1.29, 1.82) is 0 Å². The van der Waals surface area contributed by atoms with Gasteiger partial charge in [0.25, 0.3) is 0 Å². The minimum absolute atomic E-state index is 0.0534. The molecule has 0 atom stereocenters. The molecule has 1 aromatic carbocycles. The van der Waals surface area contributed by atoms with Gasteiger partial charge in [-0.2, -0.15) is 4.52 Å². The van der Waals surface area contributed by atoms with Crippen LogP contribution in [0.4, 0.5) is 5.82 Å². The Balaban J connectivity index is 1.95. The first-order chi connectivity index (χ1) is 10.3. The van der Waals surface area contributed by atoms with Crippen molar-refractivity contribution in [2.75, 3.05) is 19.0 Å². The van der Waals surface area contributed by atoms with Gasteiger partial charge in [-0.15, -0.1) is 15.3 Å². The van der Waals surface area contributed by atoms with Crippen LogP contribution >= 0.6 is 0 Å². The largest absolute Gasteiger partial charge is 0.468 e. The van der Waals surface area contributed by atoms with Crippen LogP contribution in [-0.2, 0) is 9.53 Å². The average molecular weight is 283 g/mol. The Bertz CT molecular complexity index is 769. The maximum Gasteiger partial charge on any atom is 0.325 e. The fourth-order valence-electron chi connectivity index (χ4n) is 1.89. The molecule has 0 unspecified atom stereocenters. The SMILES string of the molecule is COC(=O)CNc1ccc2nnc(-c3ccccc3)n2n1. The van der Waals surface area contributed by atoms with E-state index < -0.39 is 0 Å². The van der Waals surface area contributed by atoms with Crippen molar-refractivity contribution in [2.45, 2.75) is 0 Å². The molecule has 0 aliphatic heterocycles. The van der Waals surface area contributed by atoms with E-state index in [2.05, 4.69) is 25.3 Å². The number of fused-ring (bicyclic) bond motifs is 1. The summed E-state index contributed by atoms with van der Waals surface area (Å²) in [6.07, 6.45) is 0. The number of ether oxygens (including phenoxy) is 1. The lowest BCUT2D eigenvalue weighted by Crippen LogP contribution is -2.16. The van der Waals surface area contributed by atoms with Crippen LogP contribution in [0.1, 0.15) is 0 Å². The summed E-state index contributed by atoms with van der Waals surface area (Å²) in [5.74, 6) is 0.834. The minimum Gasteiger partial charge on any atom is -0.468 e. The number of esters is 1. The first-order valence-corrected chi connectivity index (χ1v) is 6.36. The molecule has 0 aliphatic carbocycles. The van der Waals surface area contributed by atoms with Crippen molar-refractivity contribution in [3.63, 3.8) is 0 Å². The second-order valence-electron chi connectivity index (χ2n) is 4.31. The molecular formula is C14H13N5O2. The first kappa shape index (κ1) is 13.0. The van der Waals surface area contributed by atoms with E-state index in [0.717, 1.165) is 5.56 Å². The summed E-state index contributed by atoms with van der Waals surface area (Å²) in [5, 5.41) is 15.5. The molecule has 0 saturated heterocycles. The Morgan fingerprint density at radius 1 is 1.19 bits per heavy atom. The van der Waals surface area contributed by atoms with E-state index in [-0.39, 0.29) is 12.5 Å². The Morgan fingerprint density at radius 2 is 2.00 bits per heavy atom. The van der Waals surface area contributed by atoms with E-state index in [1.54, 1.807) is 16.6 Å². The molecule has 0 aliphatic rings. The fourth-order valence-corrected chi connectivity index (χ4v) is 1.89. The van der Waals surface area contributed by atoms with Crippen molar-refractivity contribution in [2.24, 2.45) is 0 Å². The number of anilines is 1. The van der Waals surface area contributed by atoms with Gasteiger partial charge in [0.05, 0.1) is 7.11 Å². The van der Waals surface area contributed by atoms with E-state index in [4.69, 9.17) is 0 Å². The number of rotatable bonds is 4. The highest BCUT2D eigenvalue weighted by atomic mass is 16.5. The third-order valence-electron chi connectivity index (χ3n) is 2.94. The van der Waals surface area contributed by atoms with Gasteiger partial charge >= 0.3 is 5.97 Å². The van der Waals surface area contributed by atoms with Crippen molar-refractivity contribution in [3.05, 3.63) is 42.5 Å². The highest BCUT2D eigenvalue weighted by Gasteiger charge is 2.10. The smallest absolute Gasteiger partial charge is 0.325 e. The number of carbonyl (C=O) groups excluding carboxylic acids is 1. The Labute approximate surface area is 120 Å². The van der Waals surface area contributed by atoms with E-state index >= 15 is 0 Å². The lowest BCUT2D eigenvalue weighted by molar-refractivity contribution is -0.138. The highest BCUT2D eigenvalue weighted by Crippen LogP contribution is 2.17. The van der Waals surface area contributed by atoms with Gasteiger partial charge in [-0.3, -0.25) is 4.79 Å². The molecule has 21 heavy (non-hydrogen) atoms. The van der Waals surface area contributed by atoms with Gasteiger partial charge in [0.2, 0.25) is 0 Å². The summed E-state index contributed by atoms with van der Waals surface area (Å²) in [4.78, 5) is 11.1. The fraction of sp³-hybridized carbons (Fsp3) is 0.143. The highest BCUT2D eigenvalue weighted by molar-refractivity contribution is 5.74. The van der Waals surface area contributed by atoms with Gasteiger partial charge in [0.1, 0.15) is 12.4 Å². The summed E-state index contributed by atoms with van der Waals surface area (Å²) in [5.41, 5.74) is 1.56. The lowest BCUT2D eigenvalue weighted by atomic mass is 10.2. The number of nitrogens with one attached hydrogen (secondary N) is 1. The van der Waals surface area contributed by atoms with Gasteiger partial charge in [0, 0.05) is 5.56 Å². The molecule has 0 radical (unpaired) electrons. The predicted octanol–water partition coefficient (Wildman–Crippen LogP) is 1.38. The Morgan fingerprint density at radius 3 is 2.76 bits per heavy atom. The summed E-state index contributed by atoms with van der Waals surface area (Å²) in [6.45, 7) is 0.0534. The van der Waals surface area contributed by atoms with Crippen molar-refractivity contribution in [1.82, 2.24) is 19.8 Å². The molecule has 7 nitrogen and oxygen atoms in total. The van der Waals surface area contributed by atoms with Crippen molar-refractivity contribution < 1.29 is 9.53 Å². The molecule has 3 rings (SSSR count). The number of carbonyl (C=O) groups is 1. The van der Waals surface area contributed by atoms with Crippen LogP contribution < -0.4 is 5.32 Å². The van der Waals surface area contributed by atoms with Gasteiger partial charge in [0.15, 0.2) is 11.5 Å². The maximum atomic E-state index is 11.1. The molecular weight excluding hydrogens is 270 g/mol. The summed E-state index contributed by atoms with van der Waals surface area (Å²) < 4.78 is 6.21. The molecule has 7 heteroatoms. The standard InChI is InChI=1S/C14H13N5O2/c1-21-13(20)9-15-11-7-8-12-16-17-14(19(12)18-11)10-5-3-2-4-6-10/h2-8H,9H2,1H3,(H,15,18). The van der Waals surface area contributed by atoms with E-state index in [1.807, 2.05) is 30.3 Å². The monoisotopic (exact) mass is 283 g/mol. The molecule has 106 valence electrons. The summed E-state index contributed by atoms with van der Waals surface area (Å²) in [6, 6.07) is 13.2. The molecule has 0 spiro atoms. The molecule has 2 heterocycles. The molecule has 0 fully saturated rings. The number of nitrogens with zero attached hydrogens (tertiary/aromatic N) is 4. The molecule has 1 N–H and O–H groups in total. The van der Waals surface area contributed by atoms with E-state index in [9.17, 15) is 4.79 Å². The molecule has 0 amide bonds. The van der Waals surface area contributed by atoms with Gasteiger partial charge in [-0.05, 0) is 12.1 Å². The van der Waals surface area contributed by atoms with E-state index in [1.165, 1.54) is 7.11 Å². The zero-order valence-corrected chi connectivity index (χ0v) is 11.4. The first-order valence-electron chi connectivity index (χ1n) is 6.36. The molecule has 0 bridgehead atoms.